The summed E-state index contributed by atoms with van der Waals surface area (Å²) in [4.78, 5) is 22.7. The van der Waals surface area contributed by atoms with E-state index in [2.05, 4.69) is 10.6 Å². The van der Waals surface area contributed by atoms with Gasteiger partial charge in [0.2, 0.25) is 5.91 Å². The van der Waals surface area contributed by atoms with E-state index in [4.69, 9.17) is 5.73 Å². The predicted molar refractivity (Wildman–Crippen MR) is 78.1 cm³/mol. The highest BCUT2D eigenvalue weighted by Gasteiger charge is 2.20. The van der Waals surface area contributed by atoms with Crippen LogP contribution in [0.4, 0.5) is 10.5 Å². The highest BCUT2D eigenvalue weighted by molar-refractivity contribution is 5.87. The second-order valence-electron chi connectivity index (χ2n) is 5.24. The molecule has 0 aliphatic heterocycles. The summed E-state index contributed by atoms with van der Waals surface area (Å²) < 4.78 is 0. The van der Waals surface area contributed by atoms with Crippen molar-refractivity contribution in [3.8, 4) is 0 Å². The molecule has 108 valence electrons. The van der Waals surface area contributed by atoms with Crippen molar-refractivity contribution in [2.75, 3.05) is 5.32 Å². The van der Waals surface area contributed by atoms with E-state index >= 15 is 0 Å². The molecular formula is C15H21N3O2. The van der Waals surface area contributed by atoms with Crippen LogP contribution in [-0.2, 0) is 11.3 Å². The lowest BCUT2D eigenvalue weighted by molar-refractivity contribution is -0.126. The van der Waals surface area contributed by atoms with Crippen LogP contribution in [0, 0.1) is 5.92 Å². The molecule has 1 aromatic carbocycles. The number of urea groups is 1. The van der Waals surface area contributed by atoms with E-state index < -0.39 is 6.03 Å². The van der Waals surface area contributed by atoms with Gasteiger partial charge < -0.3 is 16.4 Å². The zero-order valence-corrected chi connectivity index (χ0v) is 11.5. The van der Waals surface area contributed by atoms with Crippen LogP contribution >= 0.6 is 0 Å². The summed E-state index contributed by atoms with van der Waals surface area (Å²) in [7, 11) is 0. The van der Waals surface area contributed by atoms with Crippen molar-refractivity contribution in [1.82, 2.24) is 5.32 Å². The third kappa shape index (κ3) is 4.26. The number of amides is 3. The lowest BCUT2D eigenvalue weighted by Gasteiger charge is -2.20. The zero-order valence-electron chi connectivity index (χ0n) is 11.5. The molecule has 1 saturated carbocycles. The Kier molecular flexibility index (Phi) is 4.98. The van der Waals surface area contributed by atoms with Gasteiger partial charge in [-0.1, -0.05) is 31.4 Å². The molecule has 0 aromatic heterocycles. The molecule has 5 heteroatoms. The van der Waals surface area contributed by atoms with Gasteiger partial charge in [-0.2, -0.15) is 0 Å². The first kappa shape index (κ1) is 14.4. The first-order valence-corrected chi connectivity index (χ1v) is 7.08. The summed E-state index contributed by atoms with van der Waals surface area (Å²) in [5.41, 5.74) is 6.69. The van der Waals surface area contributed by atoms with Gasteiger partial charge in [0.1, 0.15) is 0 Å². The van der Waals surface area contributed by atoms with E-state index in [1.54, 1.807) is 12.1 Å². The molecule has 0 unspecified atom stereocenters. The van der Waals surface area contributed by atoms with E-state index in [-0.39, 0.29) is 11.8 Å². The van der Waals surface area contributed by atoms with Crippen molar-refractivity contribution in [1.29, 1.82) is 0 Å². The Morgan fingerprint density at radius 2 is 1.75 bits per heavy atom. The lowest BCUT2D eigenvalue weighted by atomic mass is 9.88. The Hall–Kier alpha value is -2.04. The van der Waals surface area contributed by atoms with Gasteiger partial charge in [0, 0.05) is 18.2 Å². The van der Waals surface area contributed by atoms with Crippen molar-refractivity contribution in [2.24, 2.45) is 11.7 Å². The summed E-state index contributed by atoms with van der Waals surface area (Å²) in [6.07, 6.45) is 5.58. The predicted octanol–water partition coefficient (Wildman–Crippen LogP) is 2.37. The molecule has 4 N–H and O–H groups in total. The molecule has 1 aliphatic rings. The minimum absolute atomic E-state index is 0.157. The molecule has 0 radical (unpaired) electrons. The number of hydrogen-bond acceptors (Lipinski definition) is 2. The van der Waals surface area contributed by atoms with Gasteiger partial charge in [0.15, 0.2) is 0 Å². The van der Waals surface area contributed by atoms with Crippen molar-refractivity contribution < 1.29 is 9.59 Å². The van der Waals surface area contributed by atoms with E-state index in [9.17, 15) is 9.59 Å². The second-order valence-corrected chi connectivity index (χ2v) is 5.24. The summed E-state index contributed by atoms with van der Waals surface area (Å²) in [6, 6.07) is 6.70. The number of carbonyl (C=O) groups is 2. The maximum atomic E-state index is 12.0. The van der Waals surface area contributed by atoms with Crippen LogP contribution in [0.15, 0.2) is 24.3 Å². The molecule has 0 saturated heterocycles. The number of rotatable bonds is 4. The fourth-order valence-corrected chi connectivity index (χ4v) is 2.55. The maximum absolute atomic E-state index is 12.0. The number of anilines is 1. The fraction of sp³-hybridized carbons (Fsp3) is 0.467. The Morgan fingerprint density at radius 1 is 1.10 bits per heavy atom. The molecule has 0 bridgehead atoms. The maximum Gasteiger partial charge on any atom is 0.316 e. The third-order valence-electron chi connectivity index (χ3n) is 3.66. The summed E-state index contributed by atoms with van der Waals surface area (Å²) in [5, 5.41) is 5.48. The van der Waals surface area contributed by atoms with Gasteiger partial charge in [0.25, 0.3) is 0 Å². The molecule has 0 atom stereocenters. The number of carbonyl (C=O) groups excluding carboxylic acids is 2. The molecule has 5 nitrogen and oxygen atoms in total. The van der Waals surface area contributed by atoms with Crippen LogP contribution in [0.25, 0.3) is 0 Å². The van der Waals surface area contributed by atoms with E-state index in [1.165, 1.54) is 6.42 Å². The Morgan fingerprint density at radius 3 is 2.35 bits per heavy atom. The monoisotopic (exact) mass is 275 g/mol. The van der Waals surface area contributed by atoms with Crippen LogP contribution in [0.1, 0.15) is 37.7 Å². The number of hydrogen-bond donors (Lipinski definition) is 3. The minimum Gasteiger partial charge on any atom is -0.352 e. The summed E-state index contributed by atoms with van der Waals surface area (Å²) in [6.45, 7) is 0.520. The average Bonchev–Trinajstić information content (AvgIpc) is 2.46. The smallest absolute Gasteiger partial charge is 0.316 e. The largest absolute Gasteiger partial charge is 0.352 e. The van der Waals surface area contributed by atoms with Crippen molar-refractivity contribution in [3.63, 3.8) is 0 Å². The topological polar surface area (TPSA) is 84.2 Å². The number of benzene rings is 1. The van der Waals surface area contributed by atoms with Gasteiger partial charge in [-0.25, -0.2) is 4.79 Å². The Balaban J connectivity index is 1.81. The quantitative estimate of drug-likeness (QED) is 0.788. The van der Waals surface area contributed by atoms with Gasteiger partial charge in [-0.15, -0.1) is 0 Å². The van der Waals surface area contributed by atoms with E-state index in [0.717, 1.165) is 31.2 Å². The van der Waals surface area contributed by atoms with Gasteiger partial charge in [-0.05, 0) is 30.5 Å². The molecule has 2 rings (SSSR count). The second kappa shape index (κ2) is 6.93. The first-order valence-electron chi connectivity index (χ1n) is 7.08. The van der Waals surface area contributed by atoms with Gasteiger partial charge >= 0.3 is 6.03 Å². The van der Waals surface area contributed by atoms with Gasteiger partial charge in [0.05, 0.1) is 0 Å². The average molecular weight is 275 g/mol. The number of nitrogens with two attached hydrogens (primary N) is 1. The zero-order chi connectivity index (χ0) is 14.4. The van der Waals surface area contributed by atoms with Crippen LogP contribution < -0.4 is 16.4 Å². The fourth-order valence-electron chi connectivity index (χ4n) is 2.55. The minimum atomic E-state index is -0.580. The summed E-state index contributed by atoms with van der Waals surface area (Å²) >= 11 is 0. The molecule has 1 fully saturated rings. The molecule has 1 aliphatic carbocycles. The van der Waals surface area contributed by atoms with Crippen LogP contribution in [0.2, 0.25) is 0 Å². The summed E-state index contributed by atoms with van der Waals surface area (Å²) in [5.74, 6) is 0.337. The lowest BCUT2D eigenvalue weighted by Crippen LogP contribution is -2.31. The molecule has 1 aromatic rings. The van der Waals surface area contributed by atoms with E-state index in [0.29, 0.717) is 12.2 Å². The number of nitrogens with one attached hydrogen (secondary N) is 2. The molecule has 0 heterocycles. The van der Waals surface area contributed by atoms with E-state index in [1.807, 2.05) is 12.1 Å². The standard InChI is InChI=1S/C15H21N3O2/c16-15(20)18-13-8-6-11(7-9-13)10-17-14(19)12-4-2-1-3-5-12/h6-9,12H,1-5,10H2,(H,17,19)(H3,16,18,20). The van der Waals surface area contributed by atoms with Crippen molar-refractivity contribution >= 4 is 17.6 Å². The van der Waals surface area contributed by atoms with Crippen LogP contribution in [-0.4, -0.2) is 11.9 Å². The Labute approximate surface area is 118 Å². The van der Waals surface area contributed by atoms with Crippen molar-refractivity contribution in [3.05, 3.63) is 29.8 Å². The SMILES string of the molecule is NC(=O)Nc1ccc(CNC(=O)C2CCCCC2)cc1. The normalized spacial score (nSPS) is 15.6. The molecule has 0 spiro atoms. The van der Waals surface area contributed by atoms with Crippen LogP contribution in [0.5, 0.6) is 0 Å². The molecular weight excluding hydrogens is 254 g/mol. The molecule has 3 amide bonds. The Bertz CT molecular complexity index is 465. The molecule has 20 heavy (non-hydrogen) atoms. The van der Waals surface area contributed by atoms with Crippen LogP contribution in [0.3, 0.4) is 0 Å². The van der Waals surface area contributed by atoms with Gasteiger partial charge in [-0.3, -0.25) is 4.79 Å². The number of primary amides is 1. The highest BCUT2D eigenvalue weighted by Crippen LogP contribution is 2.23. The van der Waals surface area contributed by atoms with Crippen molar-refractivity contribution in [2.45, 2.75) is 38.6 Å². The highest BCUT2D eigenvalue weighted by atomic mass is 16.2. The third-order valence-corrected chi connectivity index (χ3v) is 3.66. The first-order chi connectivity index (χ1) is 9.65.